The maximum atomic E-state index is 12.3. The molecule has 3 heteroatoms. The second kappa shape index (κ2) is 5.67. The van der Waals surface area contributed by atoms with Crippen LogP contribution < -0.4 is 5.32 Å². The predicted octanol–water partition coefficient (Wildman–Crippen LogP) is 2.02. The summed E-state index contributed by atoms with van der Waals surface area (Å²) in [6.45, 7) is 8.59. The van der Waals surface area contributed by atoms with Crippen LogP contribution in [0.4, 0.5) is 0 Å². The number of amides is 1. The van der Waals surface area contributed by atoms with Crippen molar-refractivity contribution < 1.29 is 4.79 Å². The summed E-state index contributed by atoms with van der Waals surface area (Å²) in [4.78, 5) is 14.2. The number of nitrogens with zero attached hydrogens (tertiary/aromatic N) is 1. The van der Waals surface area contributed by atoms with Gasteiger partial charge in [0.15, 0.2) is 0 Å². The van der Waals surface area contributed by atoms with E-state index in [1.54, 1.807) is 0 Å². The van der Waals surface area contributed by atoms with E-state index in [0.717, 1.165) is 12.8 Å². The second-order valence-corrected chi connectivity index (χ2v) is 5.48. The van der Waals surface area contributed by atoms with Gasteiger partial charge in [-0.25, -0.2) is 0 Å². The Hall–Kier alpha value is -0.570. The van der Waals surface area contributed by atoms with Crippen molar-refractivity contribution in [2.24, 2.45) is 5.92 Å². The molecule has 1 rings (SSSR count). The molecule has 0 bridgehead atoms. The van der Waals surface area contributed by atoms with Gasteiger partial charge >= 0.3 is 0 Å². The Kier molecular flexibility index (Phi) is 4.78. The molecule has 0 spiro atoms. The van der Waals surface area contributed by atoms with Crippen LogP contribution in [-0.2, 0) is 4.79 Å². The fourth-order valence-corrected chi connectivity index (χ4v) is 2.23. The van der Waals surface area contributed by atoms with E-state index in [4.69, 9.17) is 0 Å². The third kappa shape index (κ3) is 3.21. The third-order valence-corrected chi connectivity index (χ3v) is 3.84. The lowest BCUT2D eigenvalue weighted by atomic mass is 9.97. The molecule has 1 fully saturated rings. The first-order chi connectivity index (χ1) is 7.43. The molecule has 16 heavy (non-hydrogen) atoms. The maximum Gasteiger partial charge on any atom is 0.239 e. The lowest BCUT2D eigenvalue weighted by Gasteiger charge is -2.35. The number of likely N-dealkylation sites (N-methyl/N-ethyl adjacent to an activating group) is 1. The first-order valence-electron chi connectivity index (χ1n) is 6.46. The summed E-state index contributed by atoms with van der Waals surface area (Å²) in [5.74, 6) is 0.766. The number of carbonyl (C=O) groups excluding carboxylic acids is 1. The summed E-state index contributed by atoms with van der Waals surface area (Å²) >= 11 is 0. The van der Waals surface area contributed by atoms with Crippen LogP contribution in [0.15, 0.2) is 0 Å². The third-order valence-electron chi connectivity index (χ3n) is 3.84. The van der Waals surface area contributed by atoms with Gasteiger partial charge in [-0.3, -0.25) is 4.79 Å². The average molecular weight is 226 g/mol. The van der Waals surface area contributed by atoms with E-state index in [0.29, 0.717) is 18.0 Å². The molecule has 3 atom stereocenters. The molecule has 1 aliphatic rings. The number of piperidine rings is 1. The van der Waals surface area contributed by atoms with Crippen LogP contribution in [0.5, 0.6) is 0 Å². The Morgan fingerprint density at radius 3 is 2.44 bits per heavy atom. The highest BCUT2D eigenvalue weighted by molar-refractivity contribution is 5.82. The van der Waals surface area contributed by atoms with E-state index in [-0.39, 0.29) is 11.9 Å². The van der Waals surface area contributed by atoms with Gasteiger partial charge in [0.25, 0.3) is 0 Å². The zero-order chi connectivity index (χ0) is 12.3. The van der Waals surface area contributed by atoms with Crippen molar-refractivity contribution >= 4 is 5.91 Å². The standard InChI is InChI=1S/C13H26N2O/c1-9(2)11(4)15(5)13(16)12-8-6-7-10(3)14-12/h9-12,14H,6-8H2,1-5H3. The Labute approximate surface area is 99.6 Å². The Morgan fingerprint density at radius 2 is 1.94 bits per heavy atom. The highest BCUT2D eigenvalue weighted by Gasteiger charge is 2.29. The maximum absolute atomic E-state index is 12.3. The molecule has 3 unspecified atom stereocenters. The summed E-state index contributed by atoms with van der Waals surface area (Å²) in [6, 6.07) is 0.826. The minimum absolute atomic E-state index is 0.0370. The van der Waals surface area contributed by atoms with Crippen LogP contribution in [0.25, 0.3) is 0 Å². The molecule has 0 aromatic carbocycles. The van der Waals surface area contributed by atoms with Gasteiger partial charge < -0.3 is 10.2 Å². The molecule has 1 heterocycles. The molecule has 0 aromatic heterocycles. The van der Waals surface area contributed by atoms with Gasteiger partial charge in [-0.15, -0.1) is 0 Å². The highest BCUT2D eigenvalue weighted by Crippen LogP contribution is 2.16. The summed E-state index contributed by atoms with van der Waals surface area (Å²) in [6.07, 6.45) is 3.33. The highest BCUT2D eigenvalue weighted by atomic mass is 16.2. The van der Waals surface area contributed by atoms with E-state index in [1.807, 2.05) is 11.9 Å². The van der Waals surface area contributed by atoms with Gasteiger partial charge in [-0.1, -0.05) is 13.8 Å². The molecular formula is C13H26N2O. The van der Waals surface area contributed by atoms with Gasteiger partial charge in [-0.2, -0.15) is 0 Å². The molecule has 1 amide bonds. The first kappa shape index (κ1) is 13.5. The largest absolute Gasteiger partial charge is 0.341 e. The summed E-state index contributed by atoms with van der Waals surface area (Å²) < 4.78 is 0. The van der Waals surface area contributed by atoms with Gasteiger partial charge in [0.05, 0.1) is 6.04 Å². The minimum Gasteiger partial charge on any atom is -0.341 e. The van der Waals surface area contributed by atoms with E-state index in [9.17, 15) is 4.79 Å². The molecule has 0 saturated carbocycles. The fraction of sp³-hybridized carbons (Fsp3) is 0.923. The lowest BCUT2D eigenvalue weighted by Crippen LogP contribution is -2.53. The number of hydrogen-bond donors (Lipinski definition) is 1. The molecule has 1 saturated heterocycles. The van der Waals surface area contributed by atoms with Gasteiger partial charge in [-0.05, 0) is 39.0 Å². The normalized spacial score (nSPS) is 27.9. The summed E-state index contributed by atoms with van der Waals surface area (Å²) in [7, 11) is 1.92. The molecule has 3 nitrogen and oxygen atoms in total. The quantitative estimate of drug-likeness (QED) is 0.798. The Bertz CT molecular complexity index is 236. The Balaban J connectivity index is 2.55. The van der Waals surface area contributed by atoms with Crippen molar-refractivity contribution in [3.8, 4) is 0 Å². The predicted molar refractivity (Wildman–Crippen MR) is 67.3 cm³/mol. The molecule has 94 valence electrons. The molecule has 1 aliphatic heterocycles. The number of carbonyl (C=O) groups is 1. The van der Waals surface area contributed by atoms with Crippen LogP contribution in [0.1, 0.15) is 47.0 Å². The lowest BCUT2D eigenvalue weighted by molar-refractivity contribution is -0.135. The van der Waals surface area contributed by atoms with Crippen molar-refractivity contribution in [3.63, 3.8) is 0 Å². The SMILES string of the molecule is CC1CCCC(C(=O)N(C)C(C)C(C)C)N1. The van der Waals surface area contributed by atoms with Crippen molar-refractivity contribution in [2.45, 2.75) is 65.1 Å². The van der Waals surface area contributed by atoms with E-state index < -0.39 is 0 Å². The minimum atomic E-state index is 0.0370. The molecule has 0 radical (unpaired) electrons. The molecule has 0 aliphatic carbocycles. The smallest absolute Gasteiger partial charge is 0.239 e. The molecular weight excluding hydrogens is 200 g/mol. The van der Waals surface area contributed by atoms with Gasteiger partial charge in [0, 0.05) is 19.1 Å². The first-order valence-corrected chi connectivity index (χ1v) is 6.46. The van der Waals surface area contributed by atoms with Gasteiger partial charge in [0.1, 0.15) is 0 Å². The van der Waals surface area contributed by atoms with Crippen molar-refractivity contribution in [1.29, 1.82) is 0 Å². The van der Waals surface area contributed by atoms with Crippen LogP contribution >= 0.6 is 0 Å². The second-order valence-electron chi connectivity index (χ2n) is 5.48. The fourth-order valence-electron chi connectivity index (χ4n) is 2.23. The zero-order valence-electron chi connectivity index (χ0n) is 11.3. The summed E-state index contributed by atoms with van der Waals surface area (Å²) in [5, 5.41) is 3.40. The van der Waals surface area contributed by atoms with Crippen LogP contribution in [-0.4, -0.2) is 36.0 Å². The van der Waals surface area contributed by atoms with E-state index >= 15 is 0 Å². The number of rotatable bonds is 3. The monoisotopic (exact) mass is 226 g/mol. The van der Waals surface area contributed by atoms with Gasteiger partial charge in [0.2, 0.25) is 5.91 Å². The van der Waals surface area contributed by atoms with E-state index in [1.165, 1.54) is 6.42 Å². The number of hydrogen-bond acceptors (Lipinski definition) is 2. The molecule has 0 aromatic rings. The van der Waals surface area contributed by atoms with Crippen molar-refractivity contribution in [1.82, 2.24) is 10.2 Å². The van der Waals surface area contributed by atoms with Crippen molar-refractivity contribution in [3.05, 3.63) is 0 Å². The van der Waals surface area contributed by atoms with Crippen LogP contribution in [0.3, 0.4) is 0 Å². The topological polar surface area (TPSA) is 32.3 Å². The van der Waals surface area contributed by atoms with Crippen LogP contribution in [0.2, 0.25) is 0 Å². The van der Waals surface area contributed by atoms with Crippen molar-refractivity contribution in [2.75, 3.05) is 7.05 Å². The Morgan fingerprint density at radius 1 is 1.31 bits per heavy atom. The summed E-state index contributed by atoms with van der Waals surface area (Å²) in [5.41, 5.74) is 0. The zero-order valence-corrected chi connectivity index (χ0v) is 11.3. The van der Waals surface area contributed by atoms with E-state index in [2.05, 4.69) is 33.0 Å². The average Bonchev–Trinajstić information content (AvgIpc) is 2.26. The van der Waals surface area contributed by atoms with Crippen LogP contribution in [0, 0.1) is 5.92 Å². The number of nitrogens with one attached hydrogen (secondary N) is 1. The molecule has 1 N–H and O–H groups in total.